The predicted octanol–water partition coefficient (Wildman–Crippen LogP) is 1.94. The molecular formula is C17H19NO4. The van der Waals surface area contributed by atoms with Crippen molar-refractivity contribution in [3.63, 3.8) is 0 Å². The van der Waals surface area contributed by atoms with Crippen LogP contribution in [0.5, 0.6) is 0 Å². The van der Waals surface area contributed by atoms with Gasteiger partial charge in [0.2, 0.25) is 0 Å². The Kier molecular flexibility index (Phi) is 3.74. The average Bonchev–Trinajstić information content (AvgIpc) is 2.97. The van der Waals surface area contributed by atoms with Crippen LogP contribution in [0.15, 0.2) is 33.5 Å². The second-order valence-electron chi connectivity index (χ2n) is 5.93. The molecule has 1 N–H and O–H groups in total. The Labute approximate surface area is 128 Å². The molecule has 1 aromatic carbocycles. The van der Waals surface area contributed by atoms with Crippen LogP contribution >= 0.6 is 0 Å². The van der Waals surface area contributed by atoms with Gasteiger partial charge in [0.15, 0.2) is 0 Å². The summed E-state index contributed by atoms with van der Waals surface area (Å²) in [6.07, 6.45) is 0.299. The number of aliphatic hydroxyl groups excluding tert-OH is 1. The van der Waals surface area contributed by atoms with Crippen molar-refractivity contribution in [1.82, 2.24) is 4.90 Å². The van der Waals surface area contributed by atoms with Crippen molar-refractivity contribution in [3.8, 4) is 0 Å². The molecule has 1 amide bonds. The summed E-state index contributed by atoms with van der Waals surface area (Å²) in [7, 11) is 0. The van der Waals surface area contributed by atoms with Gasteiger partial charge in [0.25, 0.3) is 5.91 Å². The zero-order valence-electron chi connectivity index (χ0n) is 12.7. The van der Waals surface area contributed by atoms with E-state index in [1.165, 1.54) is 0 Å². The largest absolute Gasteiger partial charge is 0.422 e. The van der Waals surface area contributed by atoms with E-state index < -0.39 is 11.7 Å². The molecule has 2 unspecified atom stereocenters. The summed E-state index contributed by atoms with van der Waals surface area (Å²) < 4.78 is 5.28. The molecule has 0 aliphatic carbocycles. The number of amides is 1. The summed E-state index contributed by atoms with van der Waals surface area (Å²) in [5.74, 6) is -0.239. The molecule has 1 aliphatic rings. The van der Waals surface area contributed by atoms with Crippen LogP contribution in [0.4, 0.5) is 0 Å². The van der Waals surface area contributed by atoms with E-state index in [2.05, 4.69) is 0 Å². The normalized spacial score (nSPS) is 19.6. The molecule has 3 rings (SSSR count). The number of aliphatic hydroxyl groups is 1. The monoisotopic (exact) mass is 301 g/mol. The van der Waals surface area contributed by atoms with Gasteiger partial charge in [0.05, 0.1) is 6.10 Å². The van der Waals surface area contributed by atoms with Gasteiger partial charge in [-0.2, -0.15) is 0 Å². The molecule has 1 fully saturated rings. The first kappa shape index (κ1) is 14.8. The van der Waals surface area contributed by atoms with Crippen molar-refractivity contribution in [2.24, 2.45) is 5.92 Å². The molecule has 0 bridgehead atoms. The fourth-order valence-corrected chi connectivity index (χ4v) is 3.08. The molecule has 2 heterocycles. The van der Waals surface area contributed by atoms with Gasteiger partial charge in [-0.25, -0.2) is 4.79 Å². The topological polar surface area (TPSA) is 70.8 Å². The van der Waals surface area contributed by atoms with Crippen LogP contribution in [-0.4, -0.2) is 35.1 Å². The van der Waals surface area contributed by atoms with Gasteiger partial charge in [-0.05, 0) is 31.9 Å². The molecule has 5 heteroatoms. The van der Waals surface area contributed by atoms with E-state index in [0.717, 1.165) is 11.8 Å². The Hall–Kier alpha value is -2.14. The molecule has 116 valence electrons. The third-order valence-electron chi connectivity index (χ3n) is 4.48. The highest BCUT2D eigenvalue weighted by atomic mass is 16.4. The van der Waals surface area contributed by atoms with Crippen molar-refractivity contribution in [3.05, 3.63) is 45.8 Å². The Morgan fingerprint density at radius 1 is 1.41 bits per heavy atom. The van der Waals surface area contributed by atoms with Gasteiger partial charge >= 0.3 is 5.63 Å². The number of para-hydroxylation sites is 1. The molecule has 0 radical (unpaired) electrons. The third-order valence-corrected chi connectivity index (χ3v) is 4.48. The molecule has 0 saturated carbocycles. The summed E-state index contributed by atoms with van der Waals surface area (Å²) in [5, 5.41) is 10.4. The van der Waals surface area contributed by atoms with E-state index in [1.54, 1.807) is 30.9 Å². The smallest absolute Gasteiger partial charge is 0.349 e. The minimum atomic E-state index is -0.596. The van der Waals surface area contributed by atoms with Gasteiger partial charge in [0.1, 0.15) is 11.1 Å². The number of fused-ring (bicyclic) bond motifs is 1. The summed E-state index contributed by atoms with van der Waals surface area (Å²) in [6, 6.07) is 7.20. The highest BCUT2D eigenvalue weighted by Crippen LogP contribution is 2.24. The number of carbonyl (C=O) groups excluding carboxylic acids is 1. The molecule has 2 aromatic rings. The summed E-state index contributed by atoms with van der Waals surface area (Å²) >= 11 is 0. The molecule has 1 aromatic heterocycles. The van der Waals surface area contributed by atoms with Crippen LogP contribution in [0, 0.1) is 12.8 Å². The van der Waals surface area contributed by atoms with Crippen molar-refractivity contribution >= 4 is 16.9 Å². The second-order valence-corrected chi connectivity index (χ2v) is 5.93. The van der Waals surface area contributed by atoms with E-state index in [0.29, 0.717) is 24.2 Å². The van der Waals surface area contributed by atoms with Crippen LogP contribution in [0.1, 0.15) is 29.3 Å². The zero-order chi connectivity index (χ0) is 15.9. The minimum Gasteiger partial charge on any atom is -0.422 e. The number of rotatable bonds is 2. The maximum atomic E-state index is 12.7. The summed E-state index contributed by atoms with van der Waals surface area (Å²) in [6.45, 7) is 4.53. The molecule has 22 heavy (non-hydrogen) atoms. The van der Waals surface area contributed by atoms with Crippen LogP contribution in [-0.2, 0) is 0 Å². The number of hydrogen-bond donors (Lipinski definition) is 1. The maximum absolute atomic E-state index is 12.7. The SMILES string of the molecule is Cc1c(C(=O)N2CCC(C(C)O)C2)c(=O)oc2ccccc12. The van der Waals surface area contributed by atoms with Gasteiger partial charge < -0.3 is 14.4 Å². The quantitative estimate of drug-likeness (QED) is 0.861. The van der Waals surface area contributed by atoms with E-state index in [9.17, 15) is 14.7 Å². The summed E-state index contributed by atoms with van der Waals surface area (Å²) in [5.41, 5.74) is 0.647. The highest BCUT2D eigenvalue weighted by molar-refractivity contribution is 5.99. The van der Waals surface area contributed by atoms with Crippen molar-refractivity contribution in [2.45, 2.75) is 26.4 Å². The zero-order valence-corrected chi connectivity index (χ0v) is 12.7. The molecule has 1 saturated heterocycles. The number of hydrogen-bond acceptors (Lipinski definition) is 4. The number of likely N-dealkylation sites (tertiary alicyclic amines) is 1. The van der Waals surface area contributed by atoms with E-state index in [4.69, 9.17) is 4.42 Å². The van der Waals surface area contributed by atoms with Gasteiger partial charge in [-0.1, -0.05) is 18.2 Å². The fraction of sp³-hybridized carbons (Fsp3) is 0.412. The lowest BCUT2D eigenvalue weighted by atomic mass is 10.0. The molecule has 0 spiro atoms. The highest BCUT2D eigenvalue weighted by Gasteiger charge is 2.32. The number of benzene rings is 1. The van der Waals surface area contributed by atoms with Crippen molar-refractivity contribution in [1.29, 1.82) is 0 Å². The van der Waals surface area contributed by atoms with Gasteiger partial charge in [-0.3, -0.25) is 4.79 Å². The first-order valence-corrected chi connectivity index (χ1v) is 7.49. The van der Waals surface area contributed by atoms with Crippen LogP contribution in [0.3, 0.4) is 0 Å². The lowest BCUT2D eigenvalue weighted by Crippen LogP contribution is -2.34. The second kappa shape index (κ2) is 5.57. The molecule has 5 nitrogen and oxygen atoms in total. The standard InChI is InChI=1S/C17H19NO4/c1-10-13-5-3-4-6-14(13)22-17(21)15(10)16(20)18-8-7-12(9-18)11(2)19/h3-6,11-12,19H,7-9H2,1-2H3. The van der Waals surface area contributed by atoms with Crippen molar-refractivity contribution < 1.29 is 14.3 Å². The van der Waals surface area contributed by atoms with E-state index in [1.807, 2.05) is 12.1 Å². The molecular weight excluding hydrogens is 282 g/mol. The first-order chi connectivity index (χ1) is 10.5. The maximum Gasteiger partial charge on any atom is 0.349 e. The Morgan fingerprint density at radius 3 is 2.82 bits per heavy atom. The Bertz CT molecular complexity index is 778. The Morgan fingerprint density at radius 2 is 2.14 bits per heavy atom. The van der Waals surface area contributed by atoms with Gasteiger partial charge in [0, 0.05) is 24.4 Å². The predicted molar refractivity (Wildman–Crippen MR) is 82.9 cm³/mol. The molecule has 1 aliphatic heterocycles. The van der Waals surface area contributed by atoms with Gasteiger partial charge in [-0.15, -0.1) is 0 Å². The first-order valence-electron chi connectivity index (χ1n) is 7.49. The summed E-state index contributed by atoms with van der Waals surface area (Å²) in [4.78, 5) is 26.5. The van der Waals surface area contributed by atoms with Crippen LogP contribution in [0.2, 0.25) is 0 Å². The average molecular weight is 301 g/mol. The third kappa shape index (κ3) is 2.41. The Balaban J connectivity index is 2.00. The van der Waals surface area contributed by atoms with Crippen LogP contribution < -0.4 is 5.63 Å². The number of nitrogens with zero attached hydrogens (tertiary/aromatic N) is 1. The lowest BCUT2D eigenvalue weighted by Gasteiger charge is -2.18. The minimum absolute atomic E-state index is 0.0664. The van der Waals surface area contributed by atoms with E-state index in [-0.39, 0.29) is 17.4 Å². The van der Waals surface area contributed by atoms with E-state index >= 15 is 0 Å². The molecule has 2 atom stereocenters. The van der Waals surface area contributed by atoms with Crippen LogP contribution in [0.25, 0.3) is 11.0 Å². The number of aryl methyl sites for hydroxylation is 1. The fourth-order valence-electron chi connectivity index (χ4n) is 3.08. The lowest BCUT2D eigenvalue weighted by molar-refractivity contribution is 0.0758. The number of carbonyl (C=O) groups is 1. The van der Waals surface area contributed by atoms with Crippen molar-refractivity contribution in [2.75, 3.05) is 13.1 Å².